The minimum atomic E-state index is 0.107. The van der Waals surface area contributed by atoms with Gasteiger partial charge in [-0.15, -0.1) is 11.3 Å². The number of aryl methyl sites for hydroxylation is 1. The number of aromatic nitrogens is 1. The highest BCUT2D eigenvalue weighted by Crippen LogP contribution is 2.30. The molecule has 3 rings (SSSR count). The van der Waals surface area contributed by atoms with E-state index in [0.717, 1.165) is 26.8 Å². The summed E-state index contributed by atoms with van der Waals surface area (Å²) in [5, 5.41) is 2.80. The van der Waals surface area contributed by atoms with Crippen molar-refractivity contribution in [2.75, 3.05) is 32.1 Å². The molecule has 3 aromatic rings. The molecule has 1 amide bonds. The van der Waals surface area contributed by atoms with Crippen molar-refractivity contribution in [3.63, 3.8) is 0 Å². The Morgan fingerprint density at radius 1 is 1.21 bits per heavy atom. The first-order chi connectivity index (χ1) is 11.5. The first-order valence-electron chi connectivity index (χ1n) is 7.87. The molecule has 0 aliphatic rings. The summed E-state index contributed by atoms with van der Waals surface area (Å²) < 4.78 is 1.13. The smallest absolute Gasteiger partial charge is 0.234 e. The lowest BCUT2D eigenvalue weighted by molar-refractivity contribution is -0.118. The molecule has 0 N–H and O–H groups in total. The van der Waals surface area contributed by atoms with Crippen LogP contribution in [0.1, 0.15) is 10.4 Å². The molecule has 126 valence electrons. The van der Waals surface area contributed by atoms with Gasteiger partial charge in [0.15, 0.2) is 5.13 Å². The van der Waals surface area contributed by atoms with Crippen LogP contribution in [0.3, 0.4) is 0 Å². The second-order valence-electron chi connectivity index (χ2n) is 6.07. The lowest BCUT2D eigenvalue weighted by Gasteiger charge is -2.21. The van der Waals surface area contributed by atoms with Crippen LogP contribution in [-0.4, -0.2) is 43.0 Å². The molecule has 0 fully saturated rings. The standard InChI is InChI=1S/C18H21N3OS2/c1-13-6-7-15-16(11-13)24-18(19-15)21(9-8-20(2)3)17(22)12-14-5-4-10-23-14/h4-7,10-11H,8-9,12H2,1-3H3. The van der Waals surface area contributed by atoms with E-state index in [-0.39, 0.29) is 5.91 Å². The van der Waals surface area contributed by atoms with Gasteiger partial charge in [0.25, 0.3) is 0 Å². The van der Waals surface area contributed by atoms with Gasteiger partial charge in [0, 0.05) is 18.0 Å². The fraction of sp³-hybridized carbons (Fsp3) is 0.333. The number of nitrogens with zero attached hydrogens (tertiary/aromatic N) is 3. The number of likely N-dealkylation sites (N-methyl/N-ethyl adjacent to an activating group) is 1. The van der Waals surface area contributed by atoms with Crippen molar-refractivity contribution < 1.29 is 4.79 Å². The van der Waals surface area contributed by atoms with Gasteiger partial charge in [0.05, 0.1) is 16.6 Å². The molecule has 6 heteroatoms. The third kappa shape index (κ3) is 4.01. The topological polar surface area (TPSA) is 36.4 Å². The molecule has 0 spiro atoms. The van der Waals surface area contributed by atoms with E-state index < -0.39 is 0 Å². The van der Waals surface area contributed by atoms with Gasteiger partial charge in [-0.1, -0.05) is 23.5 Å². The highest BCUT2D eigenvalue weighted by atomic mass is 32.1. The molecule has 0 aliphatic carbocycles. The molecule has 0 saturated heterocycles. The Labute approximate surface area is 150 Å². The van der Waals surface area contributed by atoms with Crippen molar-refractivity contribution in [3.05, 3.63) is 46.2 Å². The van der Waals surface area contributed by atoms with Crippen molar-refractivity contribution in [2.24, 2.45) is 0 Å². The van der Waals surface area contributed by atoms with E-state index in [4.69, 9.17) is 4.98 Å². The van der Waals surface area contributed by atoms with Gasteiger partial charge < -0.3 is 4.90 Å². The number of fused-ring (bicyclic) bond motifs is 1. The Balaban J connectivity index is 1.88. The number of thiazole rings is 1. The maximum absolute atomic E-state index is 12.8. The van der Waals surface area contributed by atoms with Crippen molar-refractivity contribution in [1.29, 1.82) is 0 Å². The molecule has 0 atom stereocenters. The molecule has 4 nitrogen and oxygen atoms in total. The van der Waals surface area contributed by atoms with Gasteiger partial charge in [-0.3, -0.25) is 9.69 Å². The fourth-order valence-corrected chi connectivity index (χ4v) is 4.22. The number of amides is 1. The number of thiophene rings is 1. The molecule has 2 heterocycles. The first kappa shape index (κ1) is 17.1. The predicted molar refractivity (Wildman–Crippen MR) is 103 cm³/mol. The third-order valence-electron chi connectivity index (χ3n) is 3.74. The monoisotopic (exact) mass is 359 g/mol. The summed E-state index contributed by atoms with van der Waals surface area (Å²) in [7, 11) is 4.03. The molecule has 0 saturated carbocycles. The third-order valence-corrected chi connectivity index (χ3v) is 5.66. The van der Waals surface area contributed by atoms with Gasteiger partial charge >= 0.3 is 0 Å². The maximum atomic E-state index is 12.8. The van der Waals surface area contributed by atoms with E-state index in [1.165, 1.54) is 5.56 Å². The average molecular weight is 360 g/mol. The van der Waals surface area contributed by atoms with Crippen LogP contribution in [0.15, 0.2) is 35.7 Å². The number of carbonyl (C=O) groups is 1. The Morgan fingerprint density at radius 2 is 2.04 bits per heavy atom. The van der Waals surface area contributed by atoms with Crippen molar-refractivity contribution in [1.82, 2.24) is 9.88 Å². The summed E-state index contributed by atoms with van der Waals surface area (Å²) in [6.45, 7) is 3.53. The minimum absolute atomic E-state index is 0.107. The van der Waals surface area contributed by atoms with Crippen molar-refractivity contribution in [2.45, 2.75) is 13.3 Å². The lowest BCUT2D eigenvalue weighted by Crippen LogP contribution is -2.37. The lowest BCUT2D eigenvalue weighted by atomic mass is 10.2. The summed E-state index contributed by atoms with van der Waals surface area (Å²) in [5.74, 6) is 0.107. The van der Waals surface area contributed by atoms with Crippen molar-refractivity contribution >= 4 is 43.9 Å². The highest BCUT2D eigenvalue weighted by Gasteiger charge is 2.20. The van der Waals surface area contributed by atoms with Gasteiger partial charge in [-0.05, 0) is 50.2 Å². The molecule has 0 unspecified atom stereocenters. The Morgan fingerprint density at radius 3 is 2.75 bits per heavy atom. The van der Waals surface area contributed by atoms with Crippen LogP contribution in [-0.2, 0) is 11.2 Å². The van der Waals surface area contributed by atoms with Crippen LogP contribution in [0.25, 0.3) is 10.2 Å². The number of rotatable bonds is 6. The Kier molecular flexibility index (Phi) is 5.28. The van der Waals surface area contributed by atoms with E-state index in [0.29, 0.717) is 13.0 Å². The number of hydrogen-bond donors (Lipinski definition) is 0. The molecular weight excluding hydrogens is 338 g/mol. The number of anilines is 1. The quantitative estimate of drug-likeness (QED) is 0.672. The summed E-state index contributed by atoms with van der Waals surface area (Å²) in [6.07, 6.45) is 0.431. The van der Waals surface area contributed by atoms with Gasteiger partial charge in [-0.25, -0.2) is 4.98 Å². The SMILES string of the molecule is Cc1ccc2nc(N(CCN(C)C)C(=O)Cc3cccs3)sc2c1. The molecule has 0 bridgehead atoms. The largest absolute Gasteiger partial charge is 0.308 e. The van der Waals surface area contributed by atoms with E-state index in [2.05, 4.69) is 24.0 Å². The number of benzene rings is 1. The Hall–Kier alpha value is -1.76. The molecule has 2 aromatic heterocycles. The zero-order valence-electron chi connectivity index (χ0n) is 14.2. The zero-order chi connectivity index (χ0) is 17.1. The van der Waals surface area contributed by atoms with Crippen LogP contribution in [0.2, 0.25) is 0 Å². The van der Waals surface area contributed by atoms with Crippen LogP contribution >= 0.6 is 22.7 Å². The van der Waals surface area contributed by atoms with Crippen LogP contribution in [0.4, 0.5) is 5.13 Å². The number of hydrogen-bond acceptors (Lipinski definition) is 5. The molecule has 24 heavy (non-hydrogen) atoms. The van der Waals surface area contributed by atoms with E-state index in [1.807, 2.05) is 42.6 Å². The maximum Gasteiger partial charge on any atom is 0.234 e. The second-order valence-corrected chi connectivity index (χ2v) is 8.11. The molecule has 1 aromatic carbocycles. The molecule has 0 aliphatic heterocycles. The fourth-order valence-electron chi connectivity index (χ4n) is 2.42. The summed E-state index contributed by atoms with van der Waals surface area (Å²) in [5.41, 5.74) is 2.17. The molecule has 0 radical (unpaired) electrons. The van der Waals surface area contributed by atoms with E-state index >= 15 is 0 Å². The van der Waals surface area contributed by atoms with Crippen LogP contribution in [0, 0.1) is 6.92 Å². The Bertz CT molecular complexity index is 824. The number of carbonyl (C=O) groups excluding carboxylic acids is 1. The summed E-state index contributed by atoms with van der Waals surface area (Å²) >= 11 is 3.21. The van der Waals surface area contributed by atoms with E-state index in [9.17, 15) is 4.79 Å². The summed E-state index contributed by atoms with van der Waals surface area (Å²) in [6, 6.07) is 10.2. The van der Waals surface area contributed by atoms with Crippen molar-refractivity contribution in [3.8, 4) is 0 Å². The second kappa shape index (κ2) is 7.42. The predicted octanol–water partition coefficient (Wildman–Crippen LogP) is 3.80. The molecular formula is C18H21N3OS2. The van der Waals surface area contributed by atoms with Gasteiger partial charge in [-0.2, -0.15) is 0 Å². The van der Waals surface area contributed by atoms with Gasteiger partial charge in [0.2, 0.25) is 5.91 Å². The normalized spacial score (nSPS) is 11.3. The highest BCUT2D eigenvalue weighted by molar-refractivity contribution is 7.22. The first-order valence-corrected chi connectivity index (χ1v) is 9.57. The van der Waals surface area contributed by atoms with Crippen LogP contribution in [0.5, 0.6) is 0 Å². The zero-order valence-corrected chi connectivity index (χ0v) is 15.8. The average Bonchev–Trinajstić information content (AvgIpc) is 3.16. The summed E-state index contributed by atoms with van der Waals surface area (Å²) in [4.78, 5) is 22.5. The minimum Gasteiger partial charge on any atom is -0.308 e. The van der Waals surface area contributed by atoms with E-state index in [1.54, 1.807) is 22.7 Å². The van der Waals surface area contributed by atoms with Crippen LogP contribution < -0.4 is 4.90 Å². The van der Waals surface area contributed by atoms with Gasteiger partial charge in [0.1, 0.15) is 0 Å².